The number of nitrogens with zero attached hydrogens (tertiary/aromatic N) is 1. The third-order valence-electron chi connectivity index (χ3n) is 2.25. The highest BCUT2D eigenvalue weighted by Gasteiger charge is 2.53. The van der Waals surface area contributed by atoms with E-state index in [2.05, 4.69) is 11.7 Å². The van der Waals surface area contributed by atoms with E-state index in [1.165, 1.54) is 0 Å². The van der Waals surface area contributed by atoms with Crippen LogP contribution in [0.1, 0.15) is 15.9 Å². The monoisotopic (exact) mass is 246 g/mol. The lowest BCUT2D eigenvalue weighted by Gasteiger charge is -2.27. The largest absolute Gasteiger partial charge is 0.478 e. The van der Waals surface area contributed by atoms with Crippen LogP contribution in [0.3, 0.4) is 0 Å². The molecule has 0 aromatic heterocycles. The van der Waals surface area contributed by atoms with E-state index in [1.54, 1.807) is 0 Å². The number of aromatic carboxylic acids is 1. The highest BCUT2D eigenvalue weighted by Crippen LogP contribution is 2.37. The molecule has 1 aromatic carbocycles. The maximum Gasteiger partial charge on any atom is 0.431 e. The van der Waals surface area contributed by atoms with Crippen LogP contribution >= 0.6 is 0 Å². The molecule has 1 atom stereocenters. The van der Waals surface area contributed by atoms with Gasteiger partial charge in [0.2, 0.25) is 5.66 Å². The molecule has 0 saturated heterocycles. The first-order chi connectivity index (χ1) is 7.72. The van der Waals surface area contributed by atoms with Gasteiger partial charge in [-0.2, -0.15) is 13.2 Å². The lowest BCUT2D eigenvalue weighted by molar-refractivity contribution is -0.186. The zero-order chi connectivity index (χ0) is 13.3. The second kappa shape index (κ2) is 4.17. The van der Waals surface area contributed by atoms with Crippen molar-refractivity contribution < 1.29 is 23.1 Å². The van der Waals surface area contributed by atoms with Gasteiger partial charge in [0, 0.05) is 5.56 Å². The van der Waals surface area contributed by atoms with Gasteiger partial charge in [0.05, 0.1) is 5.56 Å². The normalized spacial score (nSPS) is 15.1. The number of rotatable bonds is 3. The lowest BCUT2D eigenvalue weighted by Crippen LogP contribution is -2.48. The summed E-state index contributed by atoms with van der Waals surface area (Å²) in [6, 6.07) is 3.98. The number of aliphatic imine (C=N–C) groups is 1. The fourth-order valence-corrected chi connectivity index (χ4v) is 1.21. The predicted molar refractivity (Wildman–Crippen MR) is 54.9 cm³/mol. The Balaban J connectivity index is 3.23. The Morgan fingerprint density at radius 1 is 1.29 bits per heavy atom. The Kier molecular flexibility index (Phi) is 3.23. The highest BCUT2D eigenvalue weighted by atomic mass is 19.4. The molecule has 1 aromatic rings. The first-order valence-electron chi connectivity index (χ1n) is 4.39. The van der Waals surface area contributed by atoms with E-state index >= 15 is 0 Å². The molecule has 1 rings (SSSR count). The van der Waals surface area contributed by atoms with Crippen LogP contribution in [0.5, 0.6) is 0 Å². The van der Waals surface area contributed by atoms with Gasteiger partial charge in [-0.05, 0) is 18.9 Å². The molecule has 0 heterocycles. The second-order valence-electron chi connectivity index (χ2n) is 3.30. The lowest BCUT2D eigenvalue weighted by atomic mass is 9.99. The van der Waals surface area contributed by atoms with Gasteiger partial charge in [-0.15, -0.1) is 0 Å². The number of carbonyl (C=O) groups is 1. The van der Waals surface area contributed by atoms with Crippen LogP contribution in [0.4, 0.5) is 13.2 Å². The number of nitrogens with two attached hydrogens (primary N) is 1. The zero-order valence-electron chi connectivity index (χ0n) is 8.53. The molecule has 92 valence electrons. The van der Waals surface area contributed by atoms with Crippen molar-refractivity contribution in [1.82, 2.24) is 0 Å². The van der Waals surface area contributed by atoms with Gasteiger partial charge < -0.3 is 5.11 Å². The van der Waals surface area contributed by atoms with Crippen LogP contribution in [0.2, 0.25) is 0 Å². The van der Waals surface area contributed by atoms with Gasteiger partial charge in [0.1, 0.15) is 0 Å². The van der Waals surface area contributed by atoms with E-state index in [1.807, 2.05) is 0 Å². The first kappa shape index (κ1) is 13.2. The molecule has 0 bridgehead atoms. The minimum atomic E-state index is -4.81. The van der Waals surface area contributed by atoms with E-state index in [-0.39, 0.29) is 11.1 Å². The maximum atomic E-state index is 12.7. The molecule has 0 aliphatic carbocycles. The summed E-state index contributed by atoms with van der Waals surface area (Å²) in [7, 11) is 0. The molecular weight excluding hydrogens is 237 g/mol. The molecule has 7 heteroatoms. The Labute approximate surface area is 94.6 Å². The molecule has 1 unspecified atom stereocenters. The van der Waals surface area contributed by atoms with E-state index < -0.39 is 17.8 Å². The van der Waals surface area contributed by atoms with Crippen molar-refractivity contribution in [2.75, 3.05) is 0 Å². The predicted octanol–water partition coefficient (Wildman–Crippen LogP) is 1.76. The highest BCUT2D eigenvalue weighted by molar-refractivity contribution is 5.87. The smallest absolute Gasteiger partial charge is 0.431 e. The van der Waals surface area contributed by atoms with E-state index in [9.17, 15) is 18.0 Å². The molecule has 0 aliphatic heterocycles. The molecule has 17 heavy (non-hydrogen) atoms. The van der Waals surface area contributed by atoms with Crippen LogP contribution in [-0.4, -0.2) is 24.0 Å². The molecule has 0 saturated carbocycles. The zero-order valence-corrected chi connectivity index (χ0v) is 8.53. The van der Waals surface area contributed by atoms with Crippen molar-refractivity contribution >= 4 is 12.7 Å². The molecule has 0 aliphatic rings. The molecule has 0 amide bonds. The second-order valence-corrected chi connectivity index (χ2v) is 3.30. The third-order valence-corrected chi connectivity index (χ3v) is 2.25. The van der Waals surface area contributed by atoms with Gasteiger partial charge in [-0.25, -0.2) is 4.79 Å². The summed E-state index contributed by atoms with van der Waals surface area (Å²) in [5.74, 6) is -1.24. The summed E-state index contributed by atoms with van der Waals surface area (Å²) in [4.78, 5) is 13.4. The minimum absolute atomic E-state index is 0.137. The van der Waals surface area contributed by atoms with Crippen molar-refractivity contribution in [3.8, 4) is 0 Å². The Morgan fingerprint density at radius 3 is 2.06 bits per heavy atom. The number of alkyl halides is 3. The number of carboxylic acids is 1. The summed E-state index contributed by atoms with van der Waals surface area (Å²) >= 11 is 0. The number of hydrogen-bond donors (Lipinski definition) is 2. The van der Waals surface area contributed by atoms with E-state index in [0.717, 1.165) is 24.3 Å². The molecule has 0 radical (unpaired) electrons. The topological polar surface area (TPSA) is 75.7 Å². The van der Waals surface area contributed by atoms with Crippen LogP contribution in [-0.2, 0) is 5.66 Å². The van der Waals surface area contributed by atoms with Gasteiger partial charge in [-0.1, -0.05) is 12.1 Å². The van der Waals surface area contributed by atoms with Crippen LogP contribution < -0.4 is 5.73 Å². The summed E-state index contributed by atoms with van der Waals surface area (Å²) in [5, 5.41) is 8.61. The summed E-state index contributed by atoms with van der Waals surface area (Å²) in [5.41, 5.74) is 1.69. The summed E-state index contributed by atoms with van der Waals surface area (Å²) in [6.45, 7) is 2.82. The molecule has 0 spiro atoms. The van der Waals surface area contributed by atoms with E-state index in [4.69, 9.17) is 10.8 Å². The fourth-order valence-electron chi connectivity index (χ4n) is 1.21. The van der Waals surface area contributed by atoms with Crippen molar-refractivity contribution in [2.24, 2.45) is 10.7 Å². The molecule has 4 nitrogen and oxygen atoms in total. The van der Waals surface area contributed by atoms with Crippen LogP contribution in [0.25, 0.3) is 0 Å². The van der Waals surface area contributed by atoms with Gasteiger partial charge in [0.15, 0.2) is 0 Å². The quantitative estimate of drug-likeness (QED) is 0.798. The van der Waals surface area contributed by atoms with Crippen molar-refractivity contribution in [3.63, 3.8) is 0 Å². The van der Waals surface area contributed by atoms with Crippen molar-refractivity contribution in [3.05, 3.63) is 35.4 Å². The number of hydrogen-bond acceptors (Lipinski definition) is 3. The average Bonchev–Trinajstić information content (AvgIpc) is 2.26. The molecular formula is C10H9F3N2O2. The Morgan fingerprint density at radius 2 is 1.76 bits per heavy atom. The van der Waals surface area contributed by atoms with Crippen molar-refractivity contribution in [1.29, 1.82) is 0 Å². The van der Waals surface area contributed by atoms with Crippen molar-refractivity contribution in [2.45, 2.75) is 11.8 Å². The average molecular weight is 246 g/mol. The number of carboxylic acid groups (broad SMARTS) is 1. The van der Waals surface area contributed by atoms with Crippen LogP contribution in [0, 0.1) is 0 Å². The Hall–Kier alpha value is -1.89. The maximum absolute atomic E-state index is 12.7. The fraction of sp³-hybridized carbons (Fsp3) is 0.200. The minimum Gasteiger partial charge on any atom is -0.478 e. The summed E-state index contributed by atoms with van der Waals surface area (Å²) < 4.78 is 38.0. The Bertz CT molecular complexity index is 442. The standard InChI is InChI=1S/C10H9F3N2O2/c1-15-9(14,10(11,12)13)7-4-2-6(3-5-7)8(16)17/h2-5H,1,14H2,(H,16,17). The molecule has 3 N–H and O–H groups in total. The van der Waals surface area contributed by atoms with E-state index in [0.29, 0.717) is 0 Å². The third kappa shape index (κ3) is 2.28. The van der Waals surface area contributed by atoms with Gasteiger partial charge >= 0.3 is 12.1 Å². The van der Waals surface area contributed by atoms with Gasteiger partial charge in [0.25, 0.3) is 0 Å². The SMILES string of the molecule is C=NC(N)(c1ccc(C(=O)O)cc1)C(F)(F)F. The van der Waals surface area contributed by atoms with Gasteiger partial charge in [-0.3, -0.25) is 10.7 Å². The molecule has 0 fully saturated rings. The number of benzene rings is 1. The van der Waals surface area contributed by atoms with Crippen LogP contribution in [0.15, 0.2) is 29.3 Å². The number of halogens is 3. The summed E-state index contributed by atoms with van der Waals surface area (Å²) in [6.07, 6.45) is -4.81. The first-order valence-corrected chi connectivity index (χ1v) is 4.39.